The van der Waals surface area contributed by atoms with E-state index in [0.717, 1.165) is 61.5 Å². The number of carbonyl (C=O) groups is 1. The highest BCUT2D eigenvalue weighted by molar-refractivity contribution is 6.30. The number of likely N-dealkylation sites (tertiary alicyclic amines) is 1. The normalized spacial score (nSPS) is 18.7. The van der Waals surface area contributed by atoms with E-state index in [1.807, 2.05) is 41.3 Å². The van der Waals surface area contributed by atoms with Crippen LogP contribution in [0.1, 0.15) is 76.1 Å². The Labute approximate surface area is 252 Å². The summed E-state index contributed by atoms with van der Waals surface area (Å²) in [5.74, 6) is 0.693. The number of aryl methyl sites for hydroxylation is 3. The van der Waals surface area contributed by atoms with E-state index in [9.17, 15) is 4.79 Å². The van der Waals surface area contributed by atoms with E-state index in [1.165, 1.54) is 16.7 Å². The van der Waals surface area contributed by atoms with Gasteiger partial charge in [-0.15, -0.1) is 0 Å². The largest absolute Gasteiger partial charge is 0.334 e. The highest BCUT2D eigenvalue weighted by atomic mass is 35.5. The lowest BCUT2D eigenvalue weighted by molar-refractivity contribution is 0.0733. The summed E-state index contributed by atoms with van der Waals surface area (Å²) in [4.78, 5) is 28.3. The molecule has 0 saturated carbocycles. The third-order valence-corrected chi connectivity index (χ3v) is 9.01. The number of benzene rings is 3. The first-order chi connectivity index (χ1) is 20.0. The van der Waals surface area contributed by atoms with Gasteiger partial charge < -0.3 is 9.80 Å². The first kappa shape index (κ1) is 27.7. The third-order valence-electron chi connectivity index (χ3n) is 8.51. The Morgan fingerprint density at radius 3 is 2.17 bits per heavy atom. The van der Waals surface area contributed by atoms with Crippen molar-refractivity contribution >= 4 is 35.1 Å². The molecule has 0 N–H and O–H groups in total. The molecule has 3 heterocycles. The van der Waals surface area contributed by atoms with E-state index in [2.05, 4.69) is 48.2 Å². The fraction of sp³-hybridized carbons (Fsp3) is 0.324. The fourth-order valence-corrected chi connectivity index (χ4v) is 6.54. The molecule has 2 fully saturated rings. The molecule has 7 heteroatoms. The Bertz CT molecular complexity index is 1520. The predicted octanol–water partition coefficient (Wildman–Crippen LogP) is 8.20. The molecule has 41 heavy (non-hydrogen) atoms. The number of hydrogen-bond donors (Lipinski definition) is 0. The highest BCUT2D eigenvalue weighted by Crippen LogP contribution is 2.37. The number of amides is 1. The average Bonchev–Trinajstić information content (AvgIpc) is 3.68. The lowest BCUT2D eigenvalue weighted by atomic mass is 10.0. The molecular weight excluding hydrogens is 551 g/mol. The zero-order chi connectivity index (χ0) is 28.3. The van der Waals surface area contributed by atoms with Crippen LogP contribution in [-0.4, -0.2) is 33.9 Å². The maximum Gasteiger partial charge on any atom is 0.257 e. The molecule has 2 unspecified atom stereocenters. The molecule has 0 spiro atoms. The second-order valence-electron chi connectivity index (χ2n) is 11.1. The number of nitrogens with zero attached hydrogens (tertiary/aromatic N) is 4. The van der Waals surface area contributed by atoms with Crippen LogP contribution >= 0.6 is 23.2 Å². The summed E-state index contributed by atoms with van der Waals surface area (Å²) < 4.78 is 0. The molecule has 5 nitrogen and oxygen atoms in total. The SMILES string of the molecule is Cc1ccccc1CCc1nc(N2CCCC2c2ccc(Cl)cc2)ncc1C(=O)N1CCCC1c1ccc(Cl)cc1. The lowest BCUT2D eigenvalue weighted by Gasteiger charge is -2.28. The molecule has 0 radical (unpaired) electrons. The minimum absolute atomic E-state index is 0.00413. The average molecular weight is 586 g/mol. The maximum atomic E-state index is 14.1. The van der Waals surface area contributed by atoms with Crippen LogP contribution in [0.4, 0.5) is 5.95 Å². The van der Waals surface area contributed by atoms with Crippen molar-refractivity contribution in [2.45, 2.75) is 57.5 Å². The van der Waals surface area contributed by atoms with Gasteiger partial charge in [0.25, 0.3) is 5.91 Å². The molecule has 0 aliphatic carbocycles. The van der Waals surface area contributed by atoms with Crippen LogP contribution in [0.15, 0.2) is 79.0 Å². The summed E-state index contributed by atoms with van der Waals surface area (Å²) in [5.41, 5.74) is 6.25. The van der Waals surface area contributed by atoms with E-state index < -0.39 is 0 Å². The lowest BCUT2D eigenvalue weighted by Crippen LogP contribution is -2.32. The summed E-state index contributed by atoms with van der Waals surface area (Å²) in [7, 11) is 0. The molecule has 2 aliphatic rings. The zero-order valence-electron chi connectivity index (χ0n) is 23.3. The van der Waals surface area contributed by atoms with Crippen molar-refractivity contribution in [3.05, 3.63) is 123 Å². The van der Waals surface area contributed by atoms with E-state index in [0.29, 0.717) is 23.0 Å². The first-order valence-electron chi connectivity index (χ1n) is 14.5. The Morgan fingerprint density at radius 1 is 0.829 bits per heavy atom. The minimum atomic E-state index is 0.00413. The highest BCUT2D eigenvalue weighted by Gasteiger charge is 2.33. The zero-order valence-corrected chi connectivity index (χ0v) is 24.8. The summed E-state index contributed by atoms with van der Waals surface area (Å²) in [5, 5.41) is 1.43. The van der Waals surface area contributed by atoms with Crippen molar-refractivity contribution in [1.82, 2.24) is 14.9 Å². The Hall–Kier alpha value is -3.41. The van der Waals surface area contributed by atoms with Gasteiger partial charge in [0.2, 0.25) is 5.95 Å². The standard InChI is InChI=1S/C34H34Cl2N4O/c1-23-6-2-3-7-24(23)14-19-30-29(33(41)39-20-4-8-31(39)25-10-15-27(35)16-11-25)22-37-34(38-30)40-21-5-9-32(40)26-12-17-28(36)18-13-26/h2-3,6-7,10-13,15-18,22,31-32H,4-5,8-9,14,19-21H2,1H3. The van der Waals surface area contributed by atoms with Crippen LogP contribution in [0.5, 0.6) is 0 Å². The van der Waals surface area contributed by atoms with Gasteiger partial charge in [0.15, 0.2) is 0 Å². The molecule has 3 aromatic carbocycles. The maximum absolute atomic E-state index is 14.1. The van der Waals surface area contributed by atoms with Crippen molar-refractivity contribution in [2.75, 3.05) is 18.0 Å². The van der Waals surface area contributed by atoms with Gasteiger partial charge in [-0.2, -0.15) is 0 Å². The van der Waals surface area contributed by atoms with Crippen molar-refractivity contribution < 1.29 is 4.79 Å². The number of carbonyl (C=O) groups excluding carboxylic acids is 1. The van der Waals surface area contributed by atoms with Gasteiger partial charge in [0.1, 0.15) is 0 Å². The number of rotatable bonds is 7. The molecule has 1 amide bonds. The quantitative estimate of drug-likeness (QED) is 0.219. The van der Waals surface area contributed by atoms with Crippen molar-refractivity contribution in [3.63, 3.8) is 0 Å². The Kier molecular flexibility index (Phi) is 8.27. The molecule has 6 rings (SSSR count). The van der Waals surface area contributed by atoms with Gasteiger partial charge >= 0.3 is 0 Å². The summed E-state index contributed by atoms with van der Waals surface area (Å²) in [6.07, 6.45) is 7.24. The summed E-state index contributed by atoms with van der Waals surface area (Å²) >= 11 is 12.3. The van der Waals surface area contributed by atoms with Crippen molar-refractivity contribution in [1.29, 1.82) is 0 Å². The van der Waals surface area contributed by atoms with Gasteiger partial charge in [0, 0.05) is 29.3 Å². The molecule has 1 aromatic heterocycles. The van der Waals surface area contributed by atoms with Crippen LogP contribution in [0.2, 0.25) is 10.0 Å². The topological polar surface area (TPSA) is 49.3 Å². The van der Waals surface area contributed by atoms with Crippen LogP contribution < -0.4 is 4.90 Å². The van der Waals surface area contributed by atoms with E-state index >= 15 is 0 Å². The number of anilines is 1. The number of hydrogen-bond acceptors (Lipinski definition) is 4. The third kappa shape index (κ3) is 5.98. The van der Waals surface area contributed by atoms with E-state index in [-0.39, 0.29) is 18.0 Å². The molecule has 2 saturated heterocycles. The molecule has 2 aliphatic heterocycles. The predicted molar refractivity (Wildman–Crippen MR) is 166 cm³/mol. The van der Waals surface area contributed by atoms with Crippen molar-refractivity contribution in [2.24, 2.45) is 0 Å². The second kappa shape index (κ2) is 12.2. The number of halogens is 2. The molecule has 2 atom stereocenters. The van der Waals surface area contributed by atoms with Crippen molar-refractivity contribution in [3.8, 4) is 0 Å². The Balaban J connectivity index is 1.33. The van der Waals surface area contributed by atoms with E-state index in [1.54, 1.807) is 6.20 Å². The fourth-order valence-electron chi connectivity index (χ4n) is 6.29. The smallest absolute Gasteiger partial charge is 0.257 e. The van der Waals surface area contributed by atoms with Crippen LogP contribution in [-0.2, 0) is 12.8 Å². The van der Waals surface area contributed by atoms with Crippen LogP contribution in [0.3, 0.4) is 0 Å². The van der Waals surface area contributed by atoms with Gasteiger partial charge in [-0.25, -0.2) is 9.97 Å². The van der Waals surface area contributed by atoms with E-state index in [4.69, 9.17) is 33.2 Å². The molecule has 4 aromatic rings. The Morgan fingerprint density at radius 2 is 1.46 bits per heavy atom. The monoisotopic (exact) mass is 584 g/mol. The first-order valence-corrected chi connectivity index (χ1v) is 15.2. The summed E-state index contributed by atoms with van der Waals surface area (Å²) in [6, 6.07) is 24.6. The van der Waals surface area contributed by atoms with Gasteiger partial charge in [-0.05, 0) is 92.0 Å². The number of aromatic nitrogens is 2. The second-order valence-corrected chi connectivity index (χ2v) is 11.9. The van der Waals surface area contributed by atoms with Gasteiger partial charge in [0.05, 0.1) is 23.3 Å². The van der Waals surface area contributed by atoms with Crippen LogP contribution in [0, 0.1) is 6.92 Å². The van der Waals surface area contributed by atoms with Gasteiger partial charge in [-0.3, -0.25) is 4.79 Å². The molecule has 0 bridgehead atoms. The molecule has 210 valence electrons. The molecular formula is C34H34Cl2N4O. The summed E-state index contributed by atoms with van der Waals surface area (Å²) in [6.45, 7) is 3.73. The van der Waals surface area contributed by atoms with Gasteiger partial charge in [-0.1, -0.05) is 71.7 Å². The minimum Gasteiger partial charge on any atom is -0.334 e. The van der Waals surface area contributed by atoms with Crippen LogP contribution in [0.25, 0.3) is 0 Å².